The SMILES string of the molecule is CC(C)c1cc(C#N)ccc1OCC(=O)N1CC[C@@H]2CN(C(=O)c3ccc4n[nH]nc4c3)C[C@@H]2CC1. The van der Waals surface area contributed by atoms with Crippen molar-refractivity contribution in [1.82, 2.24) is 25.2 Å². The molecule has 0 saturated carbocycles. The van der Waals surface area contributed by atoms with E-state index in [9.17, 15) is 14.9 Å². The number of nitrogens with zero attached hydrogens (tertiary/aromatic N) is 5. The molecule has 1 N–H and O–H groups in total. The molecule has 0 spiro atoms. The van der Waals surface area contributed by atoms with Gasteiger partial charge in [-0.3, -0.25) is 9.59 Å². The molecule has 36 heavy (non-hydrogen) atoms. The number of fused-ring (bicyclic) bond motifs is 2. The number of aromatic nitrogens is 3. The normalized spacial score (nSPS) is 19.7. The first-order valence-electron chi connectivity index (χ1n) is 12.5. The van der Waals surface area contributed by atoms with Crippen LogP contribution in [0.2, 0.25) is 0 Å². The van der Waals surface area contributed by atoms with E-state index in [1.54, 1.807) is 24.3 Å². The van der Waals surface area contributed by atoms with Gasteiger partial charge in [-0.1, -0.05) is 13.8 Å². The molecule has 9 heteroatoms. The maximum absolute atomic E-state index is 13.1. The van der Waals surface area contributed by atoms with Crippen LogP contribution in [0.3, 0.4) is 0 Å². The Hall–Kier alpha value is -3.93. The highest BCUT2D eigenvalue weighted by molar-refractivity contribution is 5.97. The molecule has 2 saturated heterocycles. The highest BCUT2D eigenvalue weighted by atomic mass is 16.5. The Bertz CT molecular complexity index is 1310. The van der Waals surface area contributed by atoms with E-state index in [0.29, 0.717) is 60.4 Å². The van der Waals surface area contributed by atoms with Crippen molar-refractivity contribution in [3.05, 3.63) is 53.1 Å². The molecule has 0 aliphatic carbocycles. The second kappa shape index (κ2) is 9.97. The van der Waals surface area contributed by atoms with Crippen LogP contribution in [0.25, 0.3) is 11.0 Å². The first-order chi connectivity index (χ1) is 17.4. The quantitative estimate of drug-likeness (QED) is 0.591. The molecule has 5 rings (SSSR count). The van der Waals surface area contributed by atoms with Crippen LogP contribution < -0.4 is 4.74 Å². The van der Waals surface area contributed by atoms with Gasteiger partial charge in [0, 0.05) is 31.7 Å². The van der Waals surface area contributed by atoms with Crippen molar-refractivity contribution in [1.29, 1.82) is 5.26 Å². The smallest absolute Gasteiger partial charge is 0.260 e. The van der Waals surface area contributed by atoms with E-state index in [0.717, 1.165) is 23.9 Å². The summed E-state index contributed by atoms with van der Waals surface area (Å²) in [4.78, 5) is 29.9. The number of hydrogen-bond donors (Lipinski definition) is 1. The Morgan fingerprint density at radius 2 is 1.78 bits per heavy atom. The Morgan fingerprint density at radius 1 is 1.06 bits per heavy atom. The van der Waals surface area contributed by atoms with Gasteiger partial charge in [-0.15, -0.1) is 0 Å². The number of hydrogen-bond acceptors (Lipinski definition) is 6. The molecule has 2 aliphatic rings. The molecular formula is C27H30N6O3. The van der Waals surface area contributed by atoms with E-state index in [1.165, 1.54) is 0 Å². The summed E-state index contributed by atoms with van der Waals surface area (Å²) in [5.41, 5.74) is 3.58. The number of H-pyrrole nitrogens is 1. The van der Waals surface area contributed by atoms with Gasteiger partial charge in [0.2, 0.25) is 0 Å². The van der Waals surface area contributed by atoms with Gasteiger partial charge in [-0.25, -0.2) is 0 Å². The lowest BCUT2D eigenvalue weighted by Gasteiger charge is -2.23. The zero-order valence-electron chi connectivity index (χ0n) is 20.6. The van der Waals surface area contributed by atoms with Crippen molar-refractivity contribution < 1.29 is 14.3 Å². The number of amides is 2. The molecular weight excluding hydrogens is 456 g/mol. The van der Waals surface area contributed by atoms with Crippen LogP contribution in [0, 0.1) is 23.2 Å². The third kappa shape index (κ3) is 4.76. The number of rotatable bonds is 5. The summed E-state index contributed by atoms with van der Waals surface area (Å²) < 4.78 is 5.90. The Balaban J connectivity index is 1.16. The number of carbonyl (C=O) groups excluding carboxylic acids is 2. The highest BCUT2D eigenvalue weighted by Crippen LogP contribution is 2.33. The Kier molecular flexibility index (Phi) is 6.59. The molecule has 2 aliphatic heterocycles. The van der Waals surface area contributed by atoms with Gasteiger partial charge in [-0.05, 0) is 72.6 Å². The summed E-state index contributed by atoms with van der Waals surface area (Å²) in [5, 5.41) is 19.9. The molecule has 3 aromatic rings. The molecule has 2 aromatic carbocycles. The summed E-state index contributed by atoms with van der Waals surface area (Å²) in [6, 6.07) is 12.9. The first kappa shape index (κ1) is 23.8. The van der Waals surface area contributed by atoms with Crippen molar-refractivity contribution in [2.24, 2.45) is 11.8 Å². The van der Waals surface area contributed by atoms with E-state index in [2.05, 4.69) is 21.5 Å². The minimum atomic E-state index is -0.0251. The second-order valence-corrected chi connectivity index (χ2v) is 10.0. The summed E-state index contributed by atoms with van der Waals surface area (Å²) in [7, 11) is 0. The summed E-state index contributed by atoms with van der Waals surface area (Å²) in [6.07, 6.45) is 1.74. The predicted molar refractivity (Wildman–Crippen MR) is 133 cm³/mol. The molecule has 1 aromatic heterocycles. The number of nitrogens with one attached hydrogen (secondary N) is 1. The van der Waals surface area contributed by atoms with Crippen molar-refractivity contribution in [2.75, 3.05) is 32.8 Å². The average molecular weight is 487 g/mol. The van der Waals surface area contributed by atoms with Crippen LogP contribution in [0.4, 0.5) is 0 Å². The maximum Gasteiger partial charge on any atom is 0.260 e. The van der Waals surface area contributed by atoms with E-state index in [4.69, 9.17) is 4.74 Å². The number of nitriles is 1. The number of likely N-dealkylation sites (tertiary alicyclic amines) is 2. The van der Waals surface area contributed by atoms with Gasteiger partial charge in [0.25, 0.3) is 11.8 Å². The van der Waals surface area contributed by atoms with Crippen LogP contribution in [-0.4, -0.2) is 69.8 Å². The van der Waals surface area contributed by atoms with Crippen LogP contribution >= 0.6 is 0 Å². The molecule has 9 nitrogen and oxygen atoms in total. The number of benzene rings is 2. The molecule has 0 unspecified atom stereocenters. The third-order valence-electron chi connectivity index (χ3n) is 7.43. The highest BCUT2D eigenvalue weighted by Gasteiger charge is 2.38. The van der Waals surface area contributed by atoms with Crippen LogP contribution in [0.15, 0.2) is 36.4 Å². The maximum atomic E-state index is 13.1. The van der Waals surface area contributed by atoms with Crippen molar-refractivity contribution in [3.63, 3.8) is 0 Å². The van der Waals surface area contributed by atoms with Crippen LogP contribution in [0.5, 0.6) is 5.75 Å². The predicted octanol–water partition coefficient (Wildman–Crippen LogP) is 3.34. The second-order valence-electron chi connectivity index (χ2n) is 10.0. The van der Waals surface area contributed by atoms with Crippen molar-refractivity contribution in [2.45, 2.75) is 32.6 Å². The third-order valence-corrected chi connectivity index (χ3v) is 7.43. The molecule has 186 valence electrons. The standard InChI is InChI=1S/C27H30N6O3/c1-17(2)22-11-18(13-28)3-6-25(22)36-16-26(34)32-9-7-20-14-33(15-21(20)8-10-32)27(35)19-4-5-23-24(12-19)30-31-29-23/h3-6,11-12,17,20-21H,7-10,14-16H2,1-2H3,(H,29,30,31)/t20-,21+. The fourth-order valence-electron chi connectivity index (χ4n) is 5.35. The summed E-state index contributed by atoms with van der Waals surface area (Å²) >= 11 is 0. The summed E-state index contributed by atoms with van der Waals surface area (Å²) in [5.74, 6) is 1.61. The Labute approximate surface area is 210 Å². The lowest BCUT2D eigenvalue weighted by Crippen LogP contribution is -2.37. The summed E-state index contributed by atoms with van der Waals surface area (Å²) in [6.45, 7) is 6.82. The van der Waals surface area contributed by atoms with Crippen molar-refractivity contribution in [3.8, 4) is 11.8 Å². The number of aromatic amines is 1. The van der Waals surface area contributed by atoms with Crippen LogP contribution in [0.1, 0.15) is 54.1 Å². The van der Waals surface area contributed by atoms with Gasteiger partial charge in [0.15, 0.2) is 6.61 Å². The largest absolute Gasteiger partial charge is 0.483 e. The van der Waals surface area contributed by atoms with Gasteiger partial charge in [0.1, 0.15) is 16.8 Å². The van der Waals surface area contributed by atoms with E-state index >= 15 is 0 Å². The zero-order valence-corrected chi connectivity index (χ0v) is 20.6. The monoisotopic (exact) mass is 486 g/mol. The molecule has 2 atom stereocenters. The van der Waals surface area contributed by atoms with Gasteiger partial charge < -0.3 is 14.5 Å². The van der Waals surface area contributed by atoms with Gasteiger partial charge >= 0.3 is 0 Å². The fourth-order valence-corrected chi connectivity index (χ4v) is 5.35. The number of ether oxygens (including phenoxy) is 1. The van der Waals surface area contributed by atoms with E-state index in [1.807, 2.05) is 35.8 Å². The fraction of sp³-hybridized carbons (Fsp3) is 0.444. The minimum Gasteiger partial charge on any atom is -0.483 e. The number of carbonyl (C=O) groups is 2. The van der Waals surface area contributed by atoms with E-state index in [-0.39, 0.29) is 24.3 Å². The van der Waals surface area contributed by atoms with Crippen LogP contribution in [-0.2, 0) is 4.79 Å². The molecule has 0 bridgehead atoms. The molecule has 0 radical (unpaired) electrons. The van der Waals surface area contributed by atoms with Crippen molar-refractivity contribution >= 4 is 22.8 Å². The lowest BCUT2D eigenvalue weighted by atomic mass is 9.92. The first-order valence-corrected chi connectivity index (χ1v) is 12.5. The molecule has 3 heterocycles. The topological polar surface area (TPSA) is 115 Å². The minimum absolute atomic E-state index is 0.0178. The zero-order chi connectivity index (χ0) is 25.2. The van der Waals surface area contributed by atoms with Gasteiger partial charge in [-0.2, -0.15) is 20.7 Å². The Morgan fingerprint density at radius 3 is 2.47 bits per heavy atom. The lowest BCUT2D eigenvalue weighted by molar-refractivity contribution is -0.133. The van der Waals surface area contributed by atoms with E-state index < -0.39 is 0 Å². The molecule has 2 fully saturated rings. The van der Waals surface area contributed by atoms with Gasteiger partial charge in [0.05, 0.1) is 11.6 Å². The molecule has 2 amide bonds. The average Bonchev–Trinajstić information content (AvgIpc) is 3.48.